The van der Waals surface area contributed by atoms with Gasteiger partial charge in [-0.25, -0.2) is 4.68 Å². The minimum atomic E-state index is -1.04. The van der Waals surface area contributed by atoms with Crippen LogP contribution in [0.4, 0.5) is 0 Å². The van der Waals surface area contributed by atoms with E-state index in [1.54, 1.807) is 4.68 Å². The molecule has 0 fully saturated rings. The highest BCUT2D eigenvalue weighted by molar-refractivity contribution is 5.81. The Morgan fingerprint density at radius 1 is 1.15 bits per heavy atom. The van der Waals surface area contributed by atoms with E-state index in [-0.39, 0.29) is 18.1 Å². The van der Waals surface area contributed by atoms with Gasteiger partial charge in [0.05, 0.1) is 10.9 Å². The molecule has 2 aliphatic rings. The summed E-state index contributed by atoms with van der Waals surface area (Å²) in [5.74, 6) is -0.167. The molecule has 0 amide bonds. The number of carbonyl (C=O) groups is 1. The SMILES string of the molecule is CCC[C@@H]1CN(C2CCc3ccc(C(c4ccc5c(nnn5C)c4C)C(C)(C)C(=O)O)cc32)Cc2ccccc2O1. The van der Waals surface area contributed by atoms with Crippen molar-refractivity contribution >= 4 is 17.0 Å². The Kier molecular flexibility index (Phi) is 7.10. The Bertz CT molecular complexity index is 1610. The first-order valence-corrected chi connectivity index (χ1v) is 14.8. The van der Waals surface area contributed by atoms with E-state index in [2.05, 4.69) is 70.7 Å². The van der Waals surface area contributed by atoms with E-state index in [1.165, 1.54) is 16.7 Å². The molecule has 41 heavy (non-hydrogen) atoms. The van der Waals surface area contributed by atoms with Crippen molar-refractivity contribution in [1.29, 1.82) is 0 Å². The molecule has 6 rings (SSSR count). The lowest BCUT2D eigenvalue weighted by atomic mass is 9.69. The van der Waals surface area contributed by atoms with Crippen molar-refractivity contribution in [3.05, 3.63) is 88.0 Å². The molecule has 7 nitrogen and oxygen atoms in total. The van der Waals surface area contributed by atoms with Gasteiger partial charge in [-0.15, -0.1) is 5.10 Å². The molecule has 7 heteroatoms. The van der Waals surface area contributed by atoms with Crippen LogP contribution in [-0.4, -0.2) is 43.6 Å². The molecule has 214 valence electrons. The van der Waals surface area contributed by atoms with Crippen molar-refractivity contribution in [3.8, 4) is 5.75 Å². The molecule has 4 aromatic rings. The summed E-state index contributed by atoms with van der Waals surface area (Å²) in [5, 5.41) is 19.1. The molecule has 2 heterocycles. The topological polar surface area (TPSA) is 80.5 Å². The predicted molar refractivity (Wildman–Crippen MR) is 160 cm³/mol. The first-order chi connectivity index (χ1) is 19.7. The standard InChI is InChI=1S/C34H40N4O3/c1-6-9-25-20-38(19-24-10-7-8-11-30(24)41-25)28-16-14-22-12-13-23(18-27(22)28)31(34(3,4)33(39)40)26-15-17-29-32(21(26)2)35-36-37(29)5/h7-8,10-13,15,17-18,25,28,31H,6,9,14,16,19-20H2,1-5H3,(H,39,40)/t25-,28?,31?/m1/s1. The number of carboxylic acids is 1. The van der Waals surface area contributed by atoms with Gasteiger partial charge in [0.25, 0.3) is 0 Å². The van der Waals surface area contributed by atoms with E-state index in [1.807, 2.05) is 33.9 Å². The van der Waals surface area contributed by atoms with Crippen molar-refractivity contribution in [3.63, 3.8) is 0 Å². The van der Waals surface area contributed by atoms with Gasteiger partial charge < -0.3 is 9.84 Å². The van der Waals surface area contributed by atoms with Gasteiger partial charge in [0, 0.05) is 37.7 Å². The van der Waals surface area contributed by atoms with Gasteiger partial charge in [0.1, 0.15) is 17.4 Å². The van der Waals surface area contributed by atoms with Crippen molar-refractivity contribution in [2.45, 2.75) is 78.0 Å². The number of aryl methyl sites for hydroxylation is 3. The fourth-order valence-electron chi connectivity index (χ4n) is 7.05. The third-order valence-corrected chi connectivity index (χ3v) is 9.34. The molecule has 0 saturated carbocycles. The molecular weight excluding hydrogens is 512 g/mol. The molecular formula is C34H40N4O3. The predicted octanol–water partition coefficient (Wildman–Crippen LogP) is 6.57. The second-order valence-corrected chi connectivity index (χ2v) is 12.4. The fraction of sp³-hybridized carbons (Fsp3) is 0.441. The molecule has 3 aromatic carbocycles. The van der Waals surface area contributed by atoms with E-state index < -0.39 is 11.4 Å². The zero-order valence-corrected chi connectivity index (χ0v) is 24.7. The molecule has 0 spiro atoms. The van der Waals surface area contributed by atoms with Crippen LogP contribution < -0.4 is 4.74 Å². The molecule has 3 atom stereocenters. The molecule has 1 aromatic heterocycles. The van der Waals surface area contributed by atoms with E-state index in [4.69, 9.17) is 4.74 Å². The summed E-state index contributed by atoms with van der Waals surface area (Å²) >= 11 is 0. The van der Waals surface area contributed by atoms with Crippen molar-refractivity contribution in [1.82, 2.24) is 19.9 Å². The molecule has 1 N–H and O–H groups in total. The summed E-state index contributed by atoms with van der Waals surface area (Å²) < 4.78 is 8.26. The number of nitrogens with zero attached hydrogens (tertiary/aromatic N) is 4. The molecule has 0 bridgehead atoms. The average molecular weight is 553 g/mol. The number of aromatic nitrogens is 3. The Morgan fingerprint density at radius 3 is 2.73 bits per heavy atom. The lowest BCUT2D eigenvalue weighted by molar-refractivity contribution is -0.147. The van der Waals surface area contributed by atoms with Gasteiger partial charge in [-0.2, -0.15) is 0 Å². The quantitative estimate of drug-likeness (QED) is 0.279. The lowest BCUT2D eigenvalue weighted by Gasteiger charge is -2.34. The van der Waals surface area contributed by atoms with E-state index >= 15 is 0 Å². The van der Waals surface area contributed by atoms with Crippen LogP contribution in [0.15, 0.2) is 54.6 Å². The van der Waals surface area contributed by atoms with Crippen LogP contribution in [0, 0.1) is 12.3 Å². The smallest absolute Gasteiger partial charge is 0.310 e. The molecule has 1 aliphatic carbocycles. The number of benzene rings is 3. The first-order valence-electron chi connectivity index (χ1n) is 14.8. The second-order valence-electron chi connectivity index (χ2n) is 12.4. The number of ether oxygens (including phenoxy) is 1. The number of aliphatic carboxylic acids is 1. The monoisotopic (exact) mass is 552 g/mol. The Hall–Kier alpha value is -3.71. The lowest BCUT2D eigenvalue weighted by Crippen LogP contribution is -2.35. The van der Waals surface area contributed by atoms with Crippen molar-refractivity contribution in [2.24, 2.45) is 12.5 Å². The number of hydrogen-bond donors (Lipinski definition) is 1. The van der Waals surface area contributed by atoms with Gasteiger partial charge in [0.15, 0.2) is 0 Å². The largest absolute Gasteiger partial charge is 0.489 e. The van der Waals surface area contributed by atoms with Crippen LogP contribution in [-0.2, 0) is 24.8 Å². The number of para-hydroxylation sites is 1. The summed E-state index contributed by atoms with van der Waals surface area (Å²) in [6.45, 7) is 9.65. The third-order valence-electron chi connectivity index (χ3n) is 9.34. The molecule has 2 unspecified atom stereocenters. The highest BCUT2D eigenvalue weighted by Gasteiger charge is 2.41. The minimum Gasteiger partial charge on any atom is -0.489 e. The fourth-order valence-corrected chi connectivity index (χ4v) is 7.05. The Morgan fingerprint density at radius 2 is 1.95 bits per heavy atom. The molecule has 0 radical (unpaired) electrons. The number of fused-ring (bicyclic) bond motifs is 3. The van der Waals surface area contributed by atoms with Crippen LogP contribution in [0.5, 0.6) is 5.75 Å². The van der Waals surface area contributed by atoms with Crippen LogP contribution in [0.1, 0.15) is 85.4 Å². The van der Waals surface area contributed by atoms with Gasteiger partial charge in [0.2, 0.25) is 0 Å². The van der Waals surface area contributed by atoms with Crippen LogP contribution in [0.25, 0.3) is 11.0 Å². The zero-order valence-electron chi connectivity index (χ0n) is 24.7. The normalized spacial score (nSPS) is 19.8. The van der Waals surface area contributed by atoms with Crippen molar-refractivity contribution < 1.29 is 14.6 Å². The van der Waals surface area contributed by atoms with E-state index in [0.717, 1.165) is 72.2 Å². The van der Waals surface area contributed by atoms with E-state index in [0.29, 0.717) is 0 Å². The average Bonchev–Trinajstić information content (AvgIpc) is 3.48. The van der Waals surface area contributed by atoms with Gasteiger partial charge in [-0.1, -0.05) is 61.0 Å². The van der Waals surface area contributed by atoms with Gasteiger partial charge >= 0.3 is 5.97 Å². The maximum atomic E-state index is 12.7. The van der Waals surface area contributed by atoms with Crippen LogP contribution >= 0.6 is 0 Å². The first kappa shape index (κ1) is 27.5. The van der Waals surface area contributed by atoms with Gasteiger partial charge in [-0.05, 0) is 80.0 Å². The molecule has 0 saturated heterocycles. The van der Waals surface area contributed by atoms with Crippen LogP contribution in [0.3, 0.4) is 0 Å². The highest BCUT2D eigenvalue weighted by Crippen LogP contribution is 2.46. The zero-order chi connectivity index (χ0) is 28.9. The summed E-state index contributed by atoms with van der Waals surface area (Å²) in [6.07, 6.45) is 4.32. The third kappa shape index (κ3) is 4.80. The summed E-state index contributed by atoms with van der Waals surface area (Å²) in [7, 11) is 1.88. The van der Waals surface area contributed by atoms with Crippen LogP contribution in [0.2, 0.25) is 0 Å². The second kappa shape index (κ2) is 10.6. The minimum absolute atomic E-state index is 0.149. The number of carboxylic acid groups (broad SMARTS) is 1. The highest BCUT2D eigenvalue weighted by atomic mass is 16.5. The Balaban J connectivity index is 1.43. The maximum Gasteiger partial charge on any atom is 0.310 e. The molecule has 1 aliphatic heterocycles. The van der Waals surface area contributed by atoms with Crippen molar-refractivity contribution in [2.75, 3.05) is 6.54 Å². The number of rotatable bonds is 7. The maximum absolute atomic E-state index is 12.7. The van der Waals surface area contributed by atoms with Gasteiger partial charge in [-0.3, -0.25) is 9.69 Å². The summed E-state index contributed by atoms with van der Waals surface area (Å²) in [4.78, 5) is 15.3. The number of hydrogen-bond acceptors (Lipinski definition) is 5. The summed E-state index contributed by atoms with van der Waals surface area (Å²) in [6, 6.07) is 19.5. The summed E-state index contributed by atoms with van der Waals surface area (Å²) in [5.41, 5.74) is 7.64. The van der Waals surface area contributed by atoms with E-state index in [9.17, 15) is 9.90 Å². The Labute approximate surface area is 242 Å².